The molecule has 0 aromatic heterocycles. The lowest BCUT2D eigenvalue weighted by atomic mass is 9.94. The van der Waals surface area contributed by atoms with Gasteiger partial charge in [0, 0.05) is 42.6 Å². The SMILES string of the molecule is O=C(NCC1(O)CCOCC1)c1cccc(Br)c1. The zero-order chi connectivity index (χ0) is 13.0. The van der Waals surface area contributed by atoms with Gasteiger partial charge in [-0.2, -0.15) is 0 Å². The molecule has 1 amide bonds. The lowest BCUT2D eigenvalue weighted by molar-refractivity contribution is -0.0605. The Bertz CT molecular complexity index is 430. The fraction of sp³-hybridized carbons (Fsp3) is 0.462. The minimum absolute atomic E-state index is 0.170. The number of halogens is 1. The first kappa shape index (κ1) is 13.5. The monoisotopic (exact) mass is 313 g/mol. The van der Waals surface area contributed by atoms with Gasteiger partial charge in [-0.3, -0.25) is 4.79 Å². The van der Waals surface area contributed by atoms with Crippen LogP contribution in [0.2, 0.25) is 0 Å². The predicted molar refractivity (Wildman–Crippen MR) is 71.5 cm³/mol. The number of amides is 1. The zero-order valence-electron chi connectivity index (χ0n) is 9.99. The van der Waals surface area contributed by atoms with Crippen LogP contribution >= 0.6 is 15.9 Å². The van der Waals surface area contributed by atoms with Crippen molar-refractivity contribution >= 4 is 21.8 Å². The third-order valence-corrected chi connectivity index (χ3v) is 3.58. The summed E-state index contributed by atoms with van der Waals surface area (Å²) in [5, 5.41) is 13.0. The van der Waals surface area contributed by atoms with E-state index >= 15 is 0 Å². The van der Waals surface area contributed by atoms with E-state index in [4.69, 9.17) is 4.74 Å². The van der Waals surface area contributed by atoms with Crippen molar-refractivity contribution in [3.05, 3.63) is 34.3 Å². The maximum atomic E-state index is 11.9. The van der Waals surface area contributed by atoms with Crippen molar-refractivity contribution in [3.8, 4) is 0 Å². The third-order valence-electron chi connectivity index (χ3n) is 3.09. The Hall–Kier alpha value is -0.910. The summed E-state index contributed by atoms with van der Waals surface area (Å²) in [6, 6.07) is 7.17. The van der Waals surface area contributed by atoms with Crippen molar-refractivity contribution in [3.63, 3.8) is 0 Å². The van der Waals surface area contributed by atoms with E-state index in [0.29, 0.717) is 31.6 Å². The van der Waals surface area contributed by atoms with Crippen LogP contribution < -0.4 is 5.32 Å². The van der Waals surface area contributed by atoms with Gasteiger partial charge in [-0.05, 0) is 18.2 Å². The van der Waals surface area contributed by atoms with Gasteiger partial charge in [-0.25, -0.2) is 0 Å². The molecule has 0 radical (unpaired) electrons. The van der Waals surface area contributed by atoms with Crippen LogP contribution in [0.4, 0.5) is 0 Å². The Morgan fingerprint density at radius 1 is 1.44 bits per heavy atom. The van der Waals surface area contributed by atoms with Crippen molar-refractivity contribution in [2.45, 2.75) is 18.4 Å². The van der Waals surface area contributed by atoms with Crippen LogP contribution in [0.1, 0.15) is 23.2 Å². The lowest BCUT2D eigenvalue weighted by Crippen LogP contribution is -2.46. The second kappa shape index (κ2) is 5.82. The molecule has 18 heavy (non-hydrogen) atoms. The van der Waals surface area contributed by atoms with Crippen LogP contribution in [0.15, 0.2) is 28.7 Å². The minimum Gasteiger partial charge on any atom is -0.388 e. The summed E-state index contributed by atoms with van der Waals surface area (Å²) in [7, 11) is 0. The molecule has 0 atom stereocenters. The second-order valence-corrected chi connectivity index (χ2v) is 5.45. The first-order chi connectivity index (χ1) is 8.59. The van der Waals surface area contributed by atoms with Crippen molar-refractivity contribution < 1.29 is 14.6 Å². The highest BCUT2D eigenvalue weighted by Crippen LogP contribution is 2.19. The summed E-state index contributed by atoms with van der Waals surface area (Å²) in [5.74, 6) is -0.170. The van der Waals surface area contributed by atoms with Gasteiger partial charge in [0.2, 0.25) is 0 Å². The molecule has 0 saturated carbocycles. The summed E-state index contributed by atoms with van der Waals surface area (Å²) < 4.78 is 6.05. The zero-order valence-corrected chi connectivity index (χ0v) is 11.6. The molecule has 0 unspecified atom stereocenters. The number of aliphatic hydroxyl groups is 1. The highest BCUT2D eigenvalue weighted by molar-refractivity contribution is 9.10. The molecule has 1 heterocycles. The van der Waals surface area contributed by atoms with Gasteiger partial charge in [0.25, 0.3) is 5.91 Å². The summed E-state index contributed by atoms with van der Waals surface area (Å²) in [6.07, 6.45) is 1.12. The third kappa shape index (κ3) is 3.54. The normalized spacial score (nSPS) is 18.3. The number of benzene rings is 1. The smallest absolute Gasteiger partial charge is 0.251 e. The highest BCUT2D eigenvalue weighted by atomic mass is 79.9. The average Bonchev–Trinajstić information content (AvgIpc) is 2.37. The van der Waals surface area contributed by atoms with Crippen molar-refractivity contribution in [1.29, 1.82) is 0 Å². The molecule has 4 nitrogen and oxygen atoms in total. The largest absolute Gasteiger partial charge is 0.388 e. The number of hydrogen-bond acceptors (Lipinski definition) is 3. The summed E-state index contributed by atoms with van der Waals surface area (Å²) in [6.45, 7) is 1.36. The van der Waals surface area contributed by atoms with Gasteiger partial charge in [-0.15, -0.1) is 0 Å². The molecule has 1 aliphatic rings. The fourth-order valence-corrected chi connectivity index (χ4v) is 2.30. The molecule has 1 aromatic rings. The average molecular weight is 314 g/mol. The molecule has 1 saturated heterocycles. The summed E-state index contributed by atoms with van der Waals surface area (Å²) in [4.78, 5) is 11.9. The lowest BCUT2D eigenvalue weighted by Gasteiger charge is -2.32. The second-order valence-electron chi connectivity index (χ2n) is 4.53. The van der Waals surface area contributed by atoms with E-state index in [1.54, 1.807) is 12.1 Å². The van der Waals surface area contributed by atoms with Gasteiger partial charge >= 0.3 is 0 Å². The quantitative estimate of drug-likeness (QED) is 0.893. The van der Waals surface area contributed by atoms with Crippen molar-refractivity contribution in [1.82, 2.24) is 5.32 Å². The van der Waals surface area contributed by atoms with Crippen LogP contribution in [-0.4, -0.2) is 36.4 Å². The molecule has 0 spiro atoms. The molecule has 98 valence electrons. The Labute approximate surface area is 114 Å². The van der Waals surface area contributed by atoms with Crippen molar-refractivity contribution in [2.75, 3.05) is 19.8 Å². The van der Waals surface area contributed by atoms with E-state index < -0.39 is 5.60 Å². The maximum Gasteiger partial charge on any atom is 0.251 e. The standard InChI is InChI=1S/C13H16BrNO3/c14-11-3-1-2-10(8-11)12(16)15-9-13(17)4-6-18-7-5-13/h1-3,8,17H,4-7,9H2,(H,15,16). The Kier molecular flexibility index (Phi) is 4.37. The number of ether oxygens (including phenoxy) is 1. The van der Waals surface area contributed by atoms with Crippen LogP contribution in [0.3, 0.4) is 0 Å². The van der Waals surface area contributed by atoms with E-state index in [2.05, 4.69) is 21.2 Å². The maximum absolute atomic E-state index is 11.9. The number of hydrogen-bond donors (Lipinski definition) is 2. The van der Waals surface area contributed by atoms with Gasteiger partial charge in [0.05, 0.1) is 5.60 Å². The first-order valence-electron chi connectivity index (χ1n) is 5.93. The molecular formula is C13H16BrNO3. The van der Waals surface area contributed by atoms with Crippen LogP contribution in [0.25, 0.3) is 0 Å². The van der Waals surface area contributed by atoms with E-state index in [1.807, 2.05) is 12.1 Å². The van der Waals surface area contributed by atoms with Gasteiger partial charge in [-0.1, -0.05) is 22.0 Å². The molecular weight excluding hydrogens is 298 g/mol. The number of carbonyl (C=O) groups is 1. The number of carbonyl (C=O) groups excluding carboxylic acids is 1. The summed E-state index contributed by atoms with van der Waals surface area (Å²) in [5.41, 5.74) is -0.250. The van der Waals surface area contributed by atoms with Crippen LogP contribution in [-0.2, 0) is 4.74 Å². The minimum atomic E-state index is -0.833. The van der Waals surface area contributed by atoms with Gasteiger partial charge < -0.3 is 15.2 Å². The molecule has 2 rings (SSSR count). The Balaban J connectivity index is 1.92. The van der Waals surface area contributed by atoms with Crippen molar-refractivity contribution in [2.24, 2.45) is 0 Å². The Morgan fingerprint density at radius 3 is 2.83 bits per heavy atom. The number of nitrogens with one attached hydrogen (secondary N) is 1. The highest BCUT2D eigenvalue weighted by Gasteiger charge is 2.30. The topological polar surface area (TPSA) is 58.6 Å². The van der Waals surface area contributed by atoms with E-state index in [-0.39, 0.29) is 12.5 Å². The molecule has 1 fully saturated rings. The van der Waals surface area contributed by atoms with E-state index in [1.165, 1.54) is 0 Å². The molecule has 0 aliphatic carbocycles. The van der Waals surface area contributed by atoms with E-state index in [0.717, 1.165) is 4.47 Å². The Morgan fingerprint density at radius 2 is 2.17 bits per heavy atom. The molecule has 1 aromatic carbocycles. The molecule has 5 heteroatoms. The predicted octanol–water partition coefficient (Wildman–Crippen LogP) is 1.72. The van der Waals surface area contributed by atoms with Gasteiger partial charge in [0.15, 0.2) is 0 Å². The van der Waals surface area contributed by atoms with Gasteiger partial charge in [0.1, 0.15) is 0 Å². The number of rotatable bonds is 3. The molecule has 0 bridgehead atoms. The van der Waals surface area contributed by atoms with Crippen LogP contribution in [0.5, 0.6) is 0 Å². The molecule has 2 N–H and O–H groups in total. The van der Waals surface area contributed by atoms with E-state index in [9.17, 15) is 9.90 Å². The fourth-order valence-electron chi connectivity index (χ4n) is 1.90. The van der Waals surface area contributed by atoms with Crippen LogP contribution in [0, 0.1) is 0 Å². The first-order valence-corrected chi connectivity index (χ1v) is 6.72. The molecule has 1 aliphatic heterocycles. The summed E-state index contributed by atoms with van der Waals surface area (Å²) >= 11 is 3.32.